The lowest BCUT2D eigenvalue weighted by Gasteiger charge is -2.40. The van der Waals surface area contributed by atoms with E-state index in [1.807, 2.05) is 11.8 Å². The van der Waals surface area contributed by atoms with E-state index < -0.39 is 0 Å². The summed E-state index contributed by atoms with van der Waals surface area (Å²) in [5, 5.41) is 0. The summed E-state index contributed by atoms with van der Waals surface area (Å²) in [5.74, 6) is 0.125. The minimum absolute atomic E-state index is 0.125. The van der Waals surface area contributed by atoms with Crippen LogP contribution in [0.25, 0.3) is 0 Å². The molecule has 2 rings (SSSR count). The fraction of sp³-hybridized carbons (Fsp3) is 0.824. The van der Waals surface area contributed by atoms with Crippen LogP contribution >= 0.6 is 0 Å². The van der Waals surface area contributed by atoms with E-state index in [1.165, 1.54) is 12.0 Å². The second-order valence-electron chi connectivity index (χ2n) is 6.07. The normalized spacial score (nSPS) is 23.5. The number of amides is 1. The molecule has 0 aliphatic carbocycles. The third kappa shape index (κ3) is 4.80. The number of hydrogen-bond acceptors (Lipinski definition) is 4. The second kappa shape index (κ2) is 9.28. The van der Waals surface area contributed by atoms with Gasteiger partial charge in [-0.15, -0.1) is 0 Å². The van der Waals surface area contributed by atoms with E-state index in [9.17, 15) is 4.79 Å². The van der Waals surface area contributed by atoms with Crippen molar-refractivity contribution in [2.24, 2.45) is 0 Å². The highest BCUT2D eigenvalue weighted by atomic mass is 16.5. The second-order valence-corrected chi connectivity index (χ2v) is 6.07. The molecule has 5 nitrogen and oxygen atoms in total. The van der Waals surface area contributed by atoms with Gasteiger partial charge in [0.1, 0.15) is 6.61 Å². The fourth-order valence-electron chi connectivity index (χ4n) is 3.43. The van der Waals surface area contributed by atoms with Crippen LogP contribution in [-0.2, 0) is 14.3 Å². The van der Waals surface area contributed by atoms with Crippen LogP contribution in [0.1, 0.15) is 32.6 Å². The lowest BCUT2D eigenvalue weighted by Crippen LogP contribution is -2.49. The van der Waals surface area contributed by atoms with Crippen LogP contribution in [0.3, 0.4) is 0 Å². The third-order valence-corrected chi connectivity index (χ3v) is 4.53. The van der Waals surface area contributed by atoms with Crippen LogP contribution in [0, 0.1) is 0 Å². The number of rotatable bonds is 7. The van der Waals surface area contributed by atoms with E-state index in [0.29, 0.717) is 0 Å². The SMILES string of the molecule is CCOCCN1CCC=C([C@H]2CCCCN2C(=O)COC)C1. The molecule has 0 aromatic heterocycles. The number of nitrogens with zero attached hydrogens (tertiary/aromatic N) is 2. The highest BCUT2D eigenvalue weighted by Crippen LogP contribution is 2.26. The van der Waals surface area contributed by atoms with Crippen molar-refractivity contribution in [2.45, 2.75) is 38.6 Å². The Labute approximate surface area is 134 Å². The van der Waals surface area contributed by atoms with Gasteiger partial charge in [0.25, 0.3) is 0 Å². The molecule has 1 amide bonds. The number of hydrogen-bond donors (Lipinski definition) is 0. The zero-order valence-corrected chi connectivity index (χ0v) is 14.1. The molecule has 0 radical (unpaired) electrons. The van der Waals surface area contributed by atoms with Crippen molar-refractivity contribution in [2.75, 3.05) is 53.1 Å². The van der Waals surface area contributed by atoms with E-state index in [1.54, 1.807) is 7.11 Å². The van der Waals surface area contributed by atoms with Crippen LogP contribution < -0.4 is 0 Å². The molecule has 126 valence electrons. The first-order valence-corrected chi connectivity index (χ1v) is 8.53. The molecule has 22 heavy (non-hydrogen) atoms. The van der Waals surface area contributed by atoms with Crippen molar-refractivity contribution in [3.8, 4) is 0 Å². The number of piperidine rings is 1. The number of ether oxygens (including phenoxy) is 2. The minimum atomic E-state index is 0.125. The smallest absolute Gasteiger partial charge is 0.249 e. The molecule has 0 bridgehead atoms. The van der Waals surface area contributed by atoms with Gasteiger partial charge in [-0.2, -0.15) is 0 Å². The molecule has 0 aromatic rings. The van der Waals surface area contributed by atoms with Crippen molar-refractivity contribution in [1.82, 2.24) is 9.80 Å². The Morgan fingerprint density at radius 2 is 2.23 bits per heavy atom. The zero-order chi connectivity index (χ0) is 15.8. The van der Waals surface area contributed by atoms with Gasteiger partial charge in [-0.25, -0.2) is 0 Å². The van der Waals surface area contributed by atoms with Crippen molar-refractivity contribution >= 4 is 5.91 Å². The van der Waals surface area contributed by atoms with Crippen molar-refractivity contribution < 1.29 is 14.3 Å². The summed E-state index contributed by atoms with van der Waals surface area (Å²) in [5.41, 5.74) is 1.41. The van der Waals surface area contributed by atoms with Gasteiger partial charge in [0.2, 0.25) is 5.91 Å². The van der Waals surface area contributed by atoms with Gasteiger partial charge >= 0.3 is 0 Å². The number of methoxy groups -OCH3 is 1. The zero-order valence-electron chi connectivity index (χ0n) is 14.1. The molecule has 0 spiro atoms. The monoisotopic (exact) mass is 310 g/mol. The molecule has 2 heterocycles. The Balaban J connectivity index is 1.95. The van der Waals surface area contributed by atoms with Crippen LogP contribution in [0.4, 0.5) is 0 Å². The van der Waals surface area contributed by atoms with Gasteiger partial charge in [-0.05, 0) is 38.2 Å². The maximum Gasteiger partial charge on any atom is 0.249 e. The molecule has 1 atom stereocenters. The lowest BCUT2D eigenvalue weighted by molar-refractivity contribution is -0.138. The molecule has 0 unspecified atom stereocenters. The highest BCUT2D eigenvalue weighted by Gasteiger charge is 2.30. The number of carbonyl (C=O) groups excluding carboxylic acids is 1. The molecule has 2 aliphatic heterocycles. The molecule has 0 aromatic carbocycles. The summed E-state index contributed by atoms with van der Waals surface area (Å²) in [6.07, 6.45) is 6.82. The average Bonchev–Trinajstić information content (AvgIpc) is 2.56. The summed E-state index contributed by atoms with van der Waals surface area (Å²) < 4.78 is 10.5. The number of carbonyl (C=O) groups is 1. The van der Waals surface area contributed by atoms with Gasteiger partial charge in [0.15, 0.2) is 0 Å². The molecular weight excluding hydrogens is 280 g/mol. The molecule has 5 heteroatoms. The molecule has 1 fully saturated rings. The van der Waals surface area contributed by atoms with Crippen molar-refractivity contribution in [3.05, 3.63) is 11.6 Å². The first-order chi connectivity index (χ1) is 10.8. The van der Waals surface area contributed by atoms with Crippen molar-refractivity contribution in [3.63, 3.8) is 0 Å². The van der Waals surface area contributed by atoms with E-state index in [-0.39, 0.29) is 18.6 Å². The predicted molar refractivity (Wildman–Crippen MR) is 86.9 cm³/mol. The topological polar surface area (TPSA) is 42.0 Å². The van der Waals surface area contributed by atoms with E-state index in [0.717, 1.165) is 58.7 Å². The summed E-state index contributed by atoms with van der Waals surface area (Å²) in [6.45, 7) is 7.69. The molecule has 1 saturated heterocycles. The summed E-state index contributed by atoms with van der Waals surface area (Å²) >= 11 is 0. The van der Waals surface area contributed by atoms with E-state index >= 15 is 0 Å². The average molecular weight is 310 g/mol. The maximum absolute atomic E-state index is 12.3. The Morgan fingerprint density at radius 1 is 1.36 bits per heavy atom. The fourth-order valence-corrected chi connectivity index (χ4v) is 3.43. The molecule has 0 saturated carbocycles. The van der Waals surface area contributed by atoms with Gasteiger partial charge in [-0.3, -0.25) is 9.69 Å². The standard InChI is InChI=1S/C17H30N2O3/c1-3-22-12-11-18-9-6-7-15(13-18)16-8-4-5-10-19(16)17(20)14-21-2/h7,16H,3-6,8-14H2,1-2H3/t16-/m1/s1. The van der Waals surface area contributed by atoms with Gasteiger partial charge < -0.3 is 14.4 Å². The van der Waals surface area contributed by atoms with Crippen LogP contribution in [0.5, 0.6) is 0 Å². The first kappa shape index (κ1) is 17.4. The highest BCUT2D eigenvalue weighted by molar-refractivity contribution is 5.78. The van der Waals surface area contributed by atoms with Crippen molar-refractivity contribution in [1.29, 1.82) is 0 Å². The van der Waals surface area contributed by atoms with Gasteiger partial charge in [-0.1, -0.05) is 6.08 Å². The van der Waals surface area contributed by atoms with Crippen LogP contribution in [0.15, 0.2) is 11.6 Å². The summed E-state index contributed by atoms with van der Waals surface area (Å²) in [4.78, 5) is 16.8. The Hall–Kier alpha value is -0.910. The third-order valence-electron chi connectivity index (χ3n) is 4.53. The minimum Gasteiger partial charge on any atom is -0.380 e. The Bertz CT molecular complexity index is 384. The summed E-state index contributed by atoms with van der Waals surface area (Å²) in [7, 11) is 1.59. The molecule has 0 N–H and O–H groups in total. The van der Waals surface area contributed by atoms with Gasteiger partial charge in [0, 0.05) is 39.9 Å². The first-order valence-electron chi connectivity index (χ1n) is 8.53. The van der Waals surface area contributed by atoms with Crippen LogP contribution in [0.2, 0.25) is 0 Å². The van der Waals surface area contributed by atoms with Crippen LogP contribution in [-0.4, -0.2) is 74.9 Å². The largest absolute Gasteiger partial charge is 0.380 e. The number of likely N-dealkylation sites (tertiary alicyclic amines) is 1. The lowest BCUT2D eigenvalue weighted by atomic mass is 9.92. The molecule has 2 aliphatic rings. The summed E-state index contributed by atoms with van der Waals surface area (Å²) in [6, 6.07) is 0.270. The van der Waals surface area contributed by atoms with E-state index in [4.69, 9.17) is 9.47 Å². The quantitative estimate of drug-likeness (QED) is 0.530. The molecular formula is C17H30N2O3. The Morgan fingerprint density at radius 3 is 3.00 bits per heavy atom. The predicted octanol–water partition coefficient (Wildman–Crippen LogP) is 1.68. The van der Waals surface area contributed by atoms with E-state index in [2.05, 4.69) is 11.0 Å². The Kier molecular flexibility index (Phi) is 7.36. The van der Waals surface area contributed by atoms with Gasteiger partial charge in [0.05, 0.1) is 12.6 Å². The maximum atomic E-state index is 12.3.